The zero-order valence-corrected chi connectivity index (χ0v) is 24.8. The van der Waals surface area contributed by atoms with E-state index in [1.54, 1.807) is 0 Å². The predicted molar refractivity (Wildman–Crippen MR) is 165 cm³/mol. The lowest BCUT2D eigenvalue weighted by molar-refractivity contribution is -0.141. The van der Waals surface area contributed by atoms with E-state index in [0.29, 0.717) is 57.1 Å². The fourth-order valence-electron chi connectivity index (χ4n) is 7.09. The second-order valence-electron chi connectivity index (χ2n) is 12.8. The van der Waals surface area contributed by atoms with Crippen molar-refractivity contribution in [1.82, 2.24) is 15.1 Å². The molecular weight excluding hydrogens is 542 g/mol. The summed E-state index contributed by atoms with van der Waals surface area (Å²) in [5, 5.41) is 22.1. The van der Waals surface area contributed by atoms with Crippen LogP contribution in [0.1, 0.15) is 57.4 Å². The maximum absolute atomic E-state index is 13.1. The highest BCUT2D eigenvalue weighted by Gasteiger charge is 2.49. The molecule has 1 aliphatic heterocycles. The number of aromatic nitrogens is 2. The van der Waals surface area contributed by atoms with E-state index in [4.69, 9.17) is 10.5 Å². The van der Waals surface area contributed by atoms with Gasteiger partial charge in [-0.1, -0.05) is 54.6 Å². The summed E-state index contributed by atoms with van der Waals surface area (Å²) < 4.78 is 5.38. The van der Waals surface area contributed by atoms with Crippen LogP contribution in [0.3, 0.4) is 0 Å². The number of hydrogen-bond acceptors (Lipinski definition) is 7. The van der Waals surface area contributed by atoms with Crippen molar-refractivity contribution < 1.29 is 19.4 Å². The summed E-state index contributed by atoms with van der Waals surface area (Å²) in [7, 11) is 0. The summed E-state index contributed by atoms with van der Waals surface area (Å²) in [6, 6.07) is 19.8. The third kappa shape index (κ3) is 6.64. The Labute approximate surface area is 252 Å². The first kappa shape index (κ1) is 29.4. The van der Waals surface area contributed by atoms with Crippen LogP contribution in [0.4, 0.5) is 5.82 Å². The molecule has 3 aliphatic rings. The Bertz CT molecular complexity index is 1440. The average molecular weight is 584 g/mol. The SMILES string of the molecule is CC1(O)CC(N)(c2ccc(-c3nnc(NC(=O)C[C@H]4CC[C@H](C(=O)N5CCOCC5)CC4)cc3-c3ccccc3)cc2)C1. The van der Waals surface area contributed by atoms with Crippen molar-refractivity contribution in [3.8, 4) is 22.4 Å². The first-order valence-corrected chi connectivity index (χ1v) is 15.4. The van der Waals surface area contributed by atoms with Gasteiger partial charge >= 0.3 is 0 Å². The van der Waals surface area contributed by atoms with E-state index < -0.39 is 11.1 Å². The van der Waals surface area contributed by atoms with E-state index >= 15 is 0 Å². The maximum Gasteiger partial charge on any atom is 0.225 e. The van der Waals surface area contributed by atoms with Gasteiger partial charge in [0.15, 0.2) is 5.82 Å². The number of nitrogens with one attached hydrogen (secondary N) is 1. The molecule has 0 spiro atoms. The smallest absolute Gasteiger partial charge is 0.225 e. The molecule has 226 valence electrons. The Morgan fingerprint density at radius 3 is 2.30 bits per heavy atom. The molecule has 3 fully saturated rings. The average Bonchev–Trinajstić information content (AvgIpc) is 3.01. The standard InChI is InChI=1S/C34H41N5O4/c1-33(42)21-34(35,22-33)27-13-11-25(12-14-27)31-28(24-5-3-2-4-6-24)20-29(37-38-31)36-30(40)19-23-7-9-26(10-8-23)32(41)39-15-17-43-18-16-39/h2-6,11-14,20,23,26,42H,7-10,15-19,21-22,35H2,1H3,(H,36,37,40)/t23-,26-,33?,34?. The maximum atomic E-state index is 13.1. The Morgan fingerprint density at radius 2 is 1.65 bits per heavy atom. The molecule has 1 saturated heterocycles. The van der Waals surface area contributed by atoms with E-state index in [-0.39, 0.29) is 23.7 Å². The molecule has 2 aliphatic carbocycles. The molecule has 3 aromatic rings. The molecule has 6 rings (SSSR count). The molecular formula is C34H41N5O4. The summed E-state index contributed by atoms with van der Waals surface area (Å²) in [4.78, 5) is 27.9. The van der Waals surface area contributed by atoms with Crippen molar-refractivity contribution in [2.45, 2.75) is 63.0 Å². The van der Waals surface area contributed by atoms with Crippen LogP contribution in [0, 0.1) is 11.8 Å². The fourth-order valence-corrected chi connectivity index (χ4v) is 7.09. The van der Waals surface area contributed by atoms with Gasteiger partial charge in [0.2, 0.25) is 11.8 Å². The molecule has 0 bridgehead atoms. The molecule has 9 nitrogen and oxygen atoms in total. The Morgan fingerprint density at radius 1 is 0.977 bits per heavy atom. The van der Waals surface area contributed by atoms with Gasteiger partial charge in [0.05, 0.1) is 18.8 Å². The molecule has 9 heteroatoms. The monoisotopic (exact) mass is 583 g/mol. The van der Waals surface area contributed by atoms with E-state index in [9.17, 15) is 14.7 Å². The summed E-state index contributed by atoms with van der Waals surface area (Å²) in [5.74, 6) is 0.870. The van der Waals surface area contributed by atoms with Crippen LogP contribution < -0.4 is 11.1 Å². The minimum absolute atomic E-state index is 0.0531. The van der Waals surface area contributed by atoms with Gasteiger partial charge in [0, 0.05) is 42.1 Å². The van der Waals surface area contributed by atoms with Gasteiger partial charge in [-0.15, -0.1) is 10.2 Å². The number of hydrogen-bond donors (Lipinski definition) is 3. The van der Waals surface area contributed by atoms with Crippen molar-refractivity contribution >= 4 is 17.6 Å². The zero-order chi connectivity index (χ0) is 30.0. The van der Waals surface area contributed by atoms with Gasteiger partial charge in [0.1, 0.15) is 5.69 Å². The van der Waals surface area contributed by atoms with Gasteiger partial charge in [-0.05, 0) is 68.6 Å². The molecule has 2 saturated carbocycles. The van der Waals surface area contributed by atoms with Crippen LogP contribution in [-0.4, -0.2) is 63.9 Å². The van der Waals surface area contributed by atoms with Crippen LogP contribution in [-0.2, 0) is 19.9 Å². The number of benzene rings is 2. The summed E-state index contributed by atoms with van der Waals surface area (Å²) in [6.45, 7) is 4.40. The summed E-state index contributed by atoms with van der Waals surface area (Å²) in [6.07, 6.45) is 4.83. The van der Waals surface area contributed by atoms with Crippen molar-refractivity contribution in [3.63, 3.8) is 0 Å². The Kier molecular flexibility index (Phi) is 8.31. The number of nitrogens with zero attached hydrogens (tertiary/aromatic N) is 3. The predicted octanol–water partition coefficient (Wildman–Crippen LogP) is 4.50. The minimum Gasteiger partial charge on any atom is -0.390 e. The zero-order valence-electron chi connectivity index (χ0n) is 24.8. The number of anilines is 1. The number of morpholine rings is 1. The van der Waals surface area contributed by atoms with Crippen LogP contribution in [0.5, 0.6) is 0 Å². The molecule has 2 aromatic carbocycles. The number of amides is 2. The molecule has 0 unspecified atom stereocenters. The van der Waals surface area contributed by atoms with Gasteiger partial charge in [0.25, 0.3) is 0 Å². The van der Waals surface area contributed by atoms with E-state index in [1.807, 2.05) is 72.5 Å². The molecule has 1 aromatic heterocycles. The Balaban J connectivity index is 1.12. The Hall–Kier alpha value is -3.66. The van der Waals surface area contributed by atoms with Crippen LogP contribution in [0.25, 0.3) is 22.4 Å². The summed E-state index contributed by atoms with van der Waals surface area (Å²) in [5.41, 5.74) is 9.73. The van der Waals surface area contributed by atoms with E-state index in [0.717, 1.165) is 47.9 Å². The highest BCUT2D eigenvalue weighted by Crippen LogP contribution is 2.46. The molecule has 0 atom stereocenters. The lowest BCUT2D eigenvalue weighted by Crippen LogP contribution is -2.58. The molecule has 0 radical (unpaired) electrons. The van der Waals surface area contributed by atoms with Crippen molar-refractivity contribution in [2.75, 3.05) is 31.6 Å². The third-order valence-electron chi connectivity index (χ3n) is 9.26. The lowest BCUT2D eigenvalue weighted by Gasteiger charge is -2.49. The normalized spacial score (nSPS) is 27.3. The topological polar surface area (TPSA) is 131 Å². The number of ether oxygens (including phenoxy) is 1. The fraction of sp³-hybridized carbons (Fsp3) is 0.471. The van der Waals surface area contributed by atoms with Crippen LogP contribution in [0.2, 0.25) is 0 Å². The number of carbonyl (C=O) groups is 2. The van der Waals surface area contributed by atoms with Crippen LogP contribution in [0.15, 0.2) is 60.7 Å². The molecule has 4 N–H and O–H groups in total. The van der Waals surface area contributed by atoms with Crippen LogP contribution >= 0.6 is 0 Å². The lowest BCUT2D eigenvalue weighted by atomic mass is 9.63. The molecule has 2 heterocycles. The second-order valence-corrected chi connectivity index (χ2v) is 12.8. The number of rotatable bonds is 7. The van der Waals surface area contributed by atoms with Gasteiger partial charge in [-0.3, -0.25) is 9.59 Å². The molecule has 2 amide bonds. The van der Waals surface area contributed by atoms with E-state index in [1.165, 1.54) is 0 Å². The summed E-state index contributed by atoms with van der Waals surface area (Å²) >= 11 is 0. The number of nitrogens with two attached hydrogens (primary N) is 1. The highest BCUT2D eigenvalue weighted by atomic mass is 16.5. The second kappa shape index (κ2) is 12.1. The molecule has 43 heavy (non-hydrogen) atoms. The minimum atomic E-state index is -0.721. The van der Waals surface area contributed by atoms with Crippen molar-refractivity contribution in [1.29, 1.82) is 0 Å². The van der Waals surface area contributed by atoms with Crippen molar-refractivity contribution in [3.05, 3.63) is 66.2 Å². The first-order chi connectivity index (χ1) is 20.7. The quantitative estimate of drug-likeness (QED) is 0.373. The first-order valence-electron chi connectivity index (χ1n) is 15.4. The van der Waals surface area contributed by atoms with Gasteiger partial charge in [-0.2, -0.15) is 0 Å². The van der Waals surface area contributed by atoms with Gasteiger partial charge in [-0.25, -0.2) is 0 Å². The van der Waals surface area contributed by atoms with E-state index in [2.05, 4.69) is 15.5 Å². The van der Waals surface area contributed by atoms with Crippen molar-refractivity contribution in [2.24, 2.45) is 17.6 Å². The number of carbonyl (C=O) groups excluding carboxylic acids is 2. The largest absolute Gasteiger partial charge is 0.390 e. The number of aliphatic hydroxyl groups is 1. The van der Waals surface area contributed by atoms with Gasteiger partial charge < -0.3 is 25.8 Å². The highest BCUT2D eigenvalue weighted by molar-refractivity contribution is 5.91. The third-order valence-corrected chi connectivity index (χ3v) is 9.26.